The first kappa shape index (κ1) is 16.4. The van der Waals surface area contributed by atoms with Crippen molar-refractivity contribution in [3.8, 4) is 0 Å². The fourth-order valence-corrected chi connectivity index (χ4v) is 1.71. The van der Waals surface area contributed by atoms with Gasteiger partial charge in [-0.25, -0.2) is 0 Å². The molecule has 2 unspecified atom stereocenters. The second-order valence-electron chi connectivity index (χ2n) is 3.77. The Morgan fingerprint density at radius 3 is 1.25 bits per heavy atom. The van der Waals surface area contributed by atoms with Gasteiger partial charge in [0.15, 0.2) is 0 Å². The third-order valence-corrected chi connectivity index (χ3v) is 5.24. The number of ether oxygens (including phenoxy) is 2. The number of halogens is 2. The van der Waals surface area contributed by atoms with Gasteiger partial charge in [0.1, 0.15) is 7.85 Å². The molecule has 0 aromatic heterocycles. The average molecular weight is 454 g/mol. The van der Waals surface area contributed by atoms with Crippen LogP contribution < -0.4 is 0 Å². The van der Waals surface area contributed by atoms with Crippen molar-refractivity contribution >= 4 is 57.1 Å². The molecule has 0 aliphatic heterocycles. The molecule has 4 nitrogen and oxygen atoms in total. The fourth-order valence-electron chi connectivity index (χ4n) is 0.834. The van der Waals surface area contributed by atoms with Crippen molar-refractivity contribution in [2.45, 2.75) is 47.8 Å². The minimum atomic E-state index is -0.521. The van der Waals surface area contributed by atoms with E-state index in [1.165, 1.54) is 0 Å². The lowest BCUT2D eigenvalue weighted by Crippen LogP contribution is -2.35. The zero-order valence-electron chi connectivity index (χ0n) is 9.70. The van der Waals surface area contributed by atoms with Crippen LogP contribution in [0.5, 0.6) is 0 Å². The van der Waals surface area contributed by atoms with Crippen molar-refractivity contribution in [2.24, 2.45) is 0 Å². The predicted octanol–water partition coefficient (Wildman–Crippen LogP) is 2.50. The lowest BCUT2D eigenvalue weighted by molar-refractivity contribution is -0.152. The van der Waals surface area contributed by atoms with E-state index in [0.717, 1.165) is 0 Å². The predicted molar refractivity (Wildman–Crippen MR) is 78.1 cm³/mol. The van der Waals surface area contributed by atoms with E-state index in [2.05, 4.69) is 0 Å². The molecule has 94 valence electrons. The summed E-state index contributed by atoms with van der Waals surface area (Å²) in [7, 11) is 0. The molecular weight excluding hydrogens is 438 g/mol. The van der Waals surface area contributed by atoms with Crippen molar-refractivity contribution in [3.05, 3.63) is 0 Å². The Balaban J connectivity index is 4.31. The monoisotopic (exact) mass is 454 g/mol. The topological polar surface area (TPSA) is 52.6 Å². The molecule has 2 atom stereocenters. The molecule has 0 aliphatic carbocycles. The molecule has 0 aromatic carbocycles. The molecule has 0 heterocycles. The molecule has 16 heavy (non-hydrogen) atoms. The van der Waals surface area contributed by atoms with Crippen LogP contribution in [0, 0.1) is 0 Å². The standard InChI is InChI=1S/C10H16I2O4/c1-5(2)15-9(13)7(11)8(12)10(14)16-6(3)4/h5-8H,1-4H3. The van der Waals surface area contributed by atoms with E-state index in [0.29, 0.717) is 0 Å². The van der Waals surface area contributed by atoms with Crippen LogP contribution in [-0.4, -0.2) is 32.0 Å². The number of esters is 2. The summed E-state index contributed by atoms with van der Waals surface area (Å²) in [5.74, 6) is -0.758. The molecule has 0 aliphatic rings. The minimum absolute atomic E-state index is 0.172. The van der Waals surface area contributed by atoms with Crippen LogP contribution in [0.1, 0.15) is 27.7 Å². The van der Waals surface area contributed by atoms with Crippen molar-refractivity contribution in [2.75, 3.05) is 0 Å². The van der Waals surface area contributed by atoms with Crippen molar-refractivity contribution in [1.29, 1.82) is 0 Å². The van der Waals surface area contributed by atoms with Gasteiger partial charge in [-0.15, -0.1) is 0 Å². The maximum atomic E-state index is 11.5. The van der Waals surface area contributed by atoms with Crippen LogP contribution in [0.3, 0.4) is 0 Å². The lowest BCUT2D eigenvalue weighted by atomic mass is 10.3. The van der Waals surface area contributed by atoms with Crippen molar-refractivity contribution < 1.29 is 19.1 Å². The first-order valence-electron chi connectivity index (χ1n) is 4.94. The quantitative estimate of drug-likeness (QED) is 0.364. The van der Waals surface area contributed by atoms with Gasteiger partial charge in [0.2, 0.25) is 0 Å². The minimum Gasteiger partial charge on any atom is -0.462 e. The second-order valence-corrected chi connectivity index (χ2v) is 6.46. The zero-order valence-corrected chi connectivity index (χ0v) is 14.0. The van der Waals surface area contributed by atoms with Gasteiger partial charge in [-0.05, 0) is 27.7 Å². The van der Waals surface area contributed by atoms with E-state index >= 15 is 0 Å². The lowest BCUT2D eigenvalue weighted by Gasteiger charge is -2.17. The third-order valence-electron chi connectivity index (χ3n) is 1.41. The van der Waals surface area contributed by atoms with Gasteiger partial charge in [0.05, 0.1) is 12.2 Å². The molecule has 0 rings (SSSR count). The summed E-state index contributed by atoms with van der Waals surface area (Å²) >= 11 is 3.81. The first-order valence-corrected chi connectivity index (χ1v) is 7.44. The van der Waals surface area contributed by atoms with Gasteiger partial charge in [0, 0.05) is 0 Å². The van der Waals surface area contributed by atoms with Crippen LogP contribution in [0.25, 0.3) is 0 Å². The van der Waals surface area contributed by atoms with E-state index in [1.54, 1.807) is 27.7 Å². The Kier molecular flexibility index (Phi) is 7.87. The zero-order chi connectivity index (χ0) is 12.9. The number of rotatable bonds is 5. The highest BCUT2D eigenvalue weighted by Gasteiger charge is 2.32. The van der Waals surface area contributed by atoms with E-state index in [9.17, 15) is 9.59 Å². The third kappa shape index (κ3) is 6.21. The summed E-state index contributed by atoms with van der Waals surface area (Å²) in [5, 5.41) is 0. The molecular formula is C10H16I2O4. The van der Waals surface area contributed by atoms with E-state index in [-0.39, 0.29) is 24.1 Å². The maximum absolute atomic E-state index is 11.5. The summed E-state index contributed by atoms with van der Waals surface area (Å²) in [5.41, 5.74) is 0. The van der Waals surface area contributed by atoms with Gasteiger partial charge < -0.3 is 9.47 Å². The van der Waals surface area contributed by atoms with Crippen LogP contribution in [0.15, 0.2) is 0 Å². The van der Waals surface area contributed by atoms with E-state index in [4.69, 9.17) is 9.47 Å². The first-order chi connectivity index (χ1) is 7.25. The maximum Gasteiger partial charge on any atom is 0.320 e. The largest absolute Gasteiger partial charge is 0.462 e. The molecule has 0 saturated heterocycles. The Morgan fingerprint density at radius 1 is 0.812 bits per heavy atom. The molecule has 0 amide bonds. The number of hydrogen-bond donors (Lipinski definition) is 0. The Labute approximate surface area is 123 Å². The van der Waals surface area contributed by atoms with Gasteiger partial charge in [-0.1, -0.05) is 45.2 Å². The summed E-state index contributed by atoms with van der Waals surface area (Å²) in [6, 6.07) is 0. The van der Waals surface area contributed by atoms with Crippen LogP contribution in [0.4, 0.5) is 0 Å². The molecule has 0 N–H and O–H groups in total. The highest BCUT2D eigenvalue weighted by atomic mass is 127. The smallest absolute Gasteiger partial charge is 0.320 e. The van der Waals surface area contributed by atoms with Crippen LogP contribution in [-0.2, 0) is 19.1 Å². The second kappa shape index (κ2) is 7.67. The fraction of sp³-hybridized carbons (Fsp3) is 0.800. The summed E-state index contributed by atoms with van der Waals surface area (Å²) in [6.07, 6.45) is -0.344. The number of alkyl halides is 2. The Bertz CT molecular complexity index is 227. The molecule has 0 radical (unpaired) electrons. The average Bonchev–Trinajstić information content (AvgIpc) is 2.13. The van der Waals surface area contributed by atoms with Gasteiger partial charge in [0.25, 0.3) is 0 Å². The molecule has 6 heteroatoms. The van der Waals surface area contributed by atoms with Gasteiger partial charge in [-0.2, -0.15) is 0 Å². The number of hydrogen-bond acceptors (Lipinski definition) is 4. The Morgan fingerprint density at radius 2 is 1.06 bits per heavy atom. The molecule has 0 saturated carbocycles. The highest BCUT2D eigenvalue weighted by molar-refractivity contribution is 14.1. The normalized spacial score (nSPS) is 14.8. The van der Waals surface area contributed by atoms with E-state index < -0.39 is 7.85 Å². The van der Waals surface area contributed by atoms with Gasteiger partial charge in [-0.3, -0.25) is 9.59 Å². The molecule has 0 bridgehead atoms. The van der Waals surface area contributed by atoms with E-state index in [1.807, 2.05) is 45.2 Å². The number of carbonyl (C=O) groups is 2. The summed E-state index contributed by atoms with van der Waals surface area (Å²) in [4.78, 5) is 23.1. The SMILES string of the molecule is CC(C)OC(=O)C(I)C(I)C(=O)OC(C)C. The summed E-state index contributed by atoms with van der Waals surface area (Å²) < 4.78 is 9.02. The van der Waals surface area contributed by atoms with Crippen molar-refractivity contribution in [3.63, 3.8) is 0 Å². The van der Waals surface area contributed by atoms with Crippen LogP contribution >= 0.6 is 45.2 Å². The Hall–Kier alpha value is 0.400. The van der Waals surface area contributed by atoms with Crippen LogP contribution in [0.2, 0.25) is 0 Å². The molecule has 0 fully saturated rings. The number of carbonyl (C=O) groups excluding carboxylic acids is 2. The molecule has 0 aromatic rings. The van der Waals surface area contributed by atoms with Crippen molar-refractivity contribution in [1.82, 2.24) is 0 Å². The molecule has 0 spiro atoms. The van der Waals surface area contributed by atoms with Gasteiger partial charge >= 0.3 is 11.9 Å². The summed E-state index contributed by atoms with van der Waals surface area (Å²) in [6.45, 7) is 7.09. The highest BCUT2D eigenvalue weighted by Crippen LogP contribution is 2.19.